The number of rotatable bonds is 7. The fourth-order valence-corrected chi connectivity index (χ4v) is 3.53. The molecule has 1 heterocycles. The zero-order valence-electron chi connectivity index (χ0n) is 18.3. The average molecular weight is 483 g/mol. The number of ether oxygens (including phenoxy) is 2. The molecule has 1 aromatic carbocycles. The third-order valence-corrected chi connectivity index (χ3v) is 5.69. The van der Waals surface area contributed by atoms with Crippen LogP contribution in [0.1, 0.15) is 53.0 Å². The van der Waals surface area contributed by atoms with Crippen LogP contribution in [-0.2, 0) is 24.5 Å². The van der Waals surface area contributed by atoms with Gasteiger partial charge >= 0.3 is 5.97 Å². The lowest BCUT2D eigenvalue weighted by Gasteiger charge is -2.34. The zero-order chi connectivity index (χ0) is 22.5. The highest BCUT2D eigenvalue weighted by atomic mass is 79.9. The largest absolute Gasteiger partial charge is 0.483 e. The molecule has 0 saturated carbocycles. The molecular formula is C22H31BrN2O5. The molecule has 1 fully saturated rings. The van der Waals surface area contributed by atoms with Crippen LogP contribution in [0.25, 0.3) is 0 Å². The Bertz CT molecular complexity index is 790. The van der Waals surface area contributed by atoms with Gasteiger partial charge in [0.05, 0.1) is 17.0 Å². The van der Waals surface area contributed by atoms with Crippen LogP contribution < -0.4 is 10.1 Å². The fraction of sp³-hybridized carbons (Fsp3) is 0.591. The minimum absolute atomic E-state index is 0.00483. The van der Waals surface area contributed by atoms with Crippen molar-refractivity contribution >= 4 is 33.7 Å². The molecule has 166 valence electrons. The standard InChI is InChI=1S/C22H31BrN2O5/c1-6-14(2)30-20(27)12-17-21(28)24-9-10-25(17)19(26)13-29-18-8-7-15(11-16(18)23)22(3,4)5/h7-8,11,14,17H,6,9-10,12-13H2,1-5H3,(H,24,28). The summed E-state index contributed by atoms with van der Waals surface area (Å²) in [5, 5.41) is 2.70. The van der Waals surface area contributed by atoms with Gasteiger partial charge < -0.3 is 19.7 Å². The number of carbonyl (C=O) groups excluding carboxylic acids is 3. The lowest BCUT2D eigenvalue weighted by Crippen LogP contribution is -2.58. The van der Waals surface area contributed by atoms with Crippen LogP contribution in [0.15, 0.2) is 22.7 Å². The highest BCUT2D eigenvalue weighted by Crippen LogP contribution is 2.31. The number of esters is 1. The predicted molar refractivity (Wildman–Crippen MR) is 117 cm³/mol. The van der Waals surface area contributed by atoms with Crippen LogP contribution in [-0.4, -0.2) is 54.5 Å². The minimum Gasteiger partial charge on any atom is -0.483 e. The van der Waals surface area contributed by atoms with Crippen LogP contribution in [0.4, 0.5) is 0 Å². The second kappa shape index (κ2) is 10.3. The van der Waals surface area contributed by atoms with Crippen molar-refractivity contribution in [1.29, 1.82) is 0 Å². The van der Waals surface area contributed by atoms with Gasteiger partial charge in [-0.3, -0.25) is 14.4 Å². The zero-order valence-corrected chi connectivity index (χ0v) is 19.9. The third-order valence-electron chi connectivity index (χ3n) is 5.07. The molecule has 1 aliphatic heterocycles. The van der Waals surface area contributed by atoms with E-state index in [4.69, 9.17) is 9.47 Å². The van der Waals surface area contributed by atoms with Gasteiger partial charge in [-0.15, -0.1) is 0 Å². The summed E-state index contributed by atoms with van der Waals surface area (Å²) in [6.07, 6.45) is 0.276. The first kappa shape index (κ1) is 24.2. The Morgan fingerprint density at radius 2 is 2.03 bits per heavy atom. The molecule has 0 aliphatic carbocycles. The molecule has 1 saturated heterocycles. The quantitative estimate of drug-likeness (QED) is 0.603. The van der Waals surface area contributed by atoms with E-state index in [1.807, 2.05) is 25.1 Å². The molecule has 2 rings (SSSR count). The Morgan fingerprint density at radius 1 is 1.33 bits per heavy atom. The van der Waals surface area contributed by atoms with Crippen LogP contribution >= 0.6 is 15.9 Å². The van der Waals surface area contributed by atoms with Crippen LogP contribution in [0, 0.1) is 0 Å². The number of hydrogen-bond donors (Lipinski definition) is 1. The van der Waals surface area contributed by atoms with Gasteiger partial charge in [-0.1, -0.05) is 33.8 Å². The van der Waals surface area contributed by atoms with Crippen molar-refractivity contribution in [3.8, 4) is 5.75 Å². The van der Waals surface area contributed by atoms with Crippen molar-refractivity contribution in [1.82, 2.24) is 10.2 Å². The minimum atomic E-state index is -0.891. The van der Waals surface area contributed by atoms with E-state index >= 15 is 0 Å². The van der Waals surface area contributed by atoms with Crippen molar-refractivity contribution in [3.63, 3.8) is 0 Å². The van der Waals surface area contributed by atoms with Crippen molar-refractivity contribution in [3.05, 3.63) is 28.2 Å². The molecule has 2 amide bonds. The Balaban J connectivity index is 2.03. The topological polar surface area (TPSA) is 84.9 Å². The molecule has 0 radical (unpaired) electrons. The summed E-state index contributed by atoms with van der Waals surface area (Å²) in [6.45, 7) is 10.5. The van der Waals surface area contributed by atoms with E-state index in [0.717, 1.165) is 10.0 Å². The van der Waals surface area contributed by atoms with E-state index < -0.39 is 12.0 Å². The summed E-state index contributed by atoms with van der Waals surface area (Å²) >= 11 is 3.49. The maximum Gasteiger partial charge on any atom is 0.308 e. The molecule has 8 heteroatoms. The molecule has 0 aromatic heterocycles. The Labute approximate surface area is 186 Å². The Morgan fingerprint density at radius 3 is 2.63 bits per heavy atom. The van der Waals surface area contributed by atoms with Crippen LogP contribution in [0.5, 0.6) is 5.75 Å². The number of nitrogens with one attached hydrogen (secondary N) is 1. The monoisotopic (exact) mass is 482 g/mol. The smallest absolute Gasteiger partial charge is 0.308 e. The van der Waals surface area contributed by atoms with Crippen molar-refractivity contribution < 1.29 is 23.9 Å². The molecule has 0 bridgehead atoms. The number of nitrogens with zero attached hydrogens (tertiary/aromatic N) is 1. The maximum atomic E-state index is 12.8. The van der Waals surface area contributed by atoms with E-state index in [1.54, 1.807) is 6.92 Å². The van der Waals surface area contributed by atoms with Gasteiger partial charge in [0.15, 0.2) is 6.61 Å². The van der Waals surface area contributed by atoms with Gasteiger partial charge in [-0.2, -0.15) is 0 Å². The van der Waals surface area contributed by atoms with Crippen molar-refractivity contribution in [2.24, 2.45) is 0 Å². The van der Waals surface area contributed by atoms with Gasteiger partial charge in [0.2, 0.25) is 5.91 Å². The highest BCUT2D eigenvalue weighted by Gasteiger charge is 2.35. The summed E-state index contributed by atoms with van der Waals surface area (Å²) < 4.78 is 11.7. The molecule has 2 unspecified atom stereocenters. The summed E-state index contributed by atoms with van der Waals surface area (Å²) in [5.41, 5.74) is 1.13. The molecule has 1 aromatic rings. The second-order valence-electron chi connectivity index (χ2n) is 8.49. The van der Waals surface area contributed by atoms with Gasteiger partial charge in [0, 0.05) is 13.1 Å². The normalized spacial score (nSPS) is 17.9. The number of hydrogen-bond acceptors (Lipinski definition) is 5. The van der Waals surface area contributed by atoms with E-state index in [2.05, 4.69) is 42.0 Å². The van der Waals surface area contributed by atoms with Crippen LogP contribution in [0.2, 0.25) is 0 Å². The van der Waals surface area contributed by atoms with Gasteiger partial charge in [0.1, 0.15) is 11.8 Å². The molecule has 2 atom stereocenters. The fourth-order valence-electron chi connectivity index (χ4n) is 3.04. The van der Waals surface area contributed by atoms with E-state index in [1.165, 1.54) is 4.90 Å². The molecule has 1 aliphatic rings. The lowest BCUT2D eigenvalue weighted by molar-refractivity contribution is -0.155. The highest BCUT2D eigenvalue weighted by molar-refractivity contribution is 9.10. The lowest BCUT2D eigenvalue weighted by atomic mass is 9.87. The summed E-state index contributed by atoms with van der Waals surface area (Å²) in [4.78, 5) is 38.6. The number of halogens is 1. The number of piperazine rings is 1. The van der Waals surface area contributed by atoms with Gasteiger partial charge in [-0.25, -0.2) is 0 Å². The first-order chi connectivity index (χ1) is 14.0. The molecule has 1 N–H and O–H groups in total. The maximum absolute atomic E-state index is 12.8. The molecule has 30 heavy (non-hydrogen) atoms. The van der Waals surface area contributed by atoms with Gasteiger partial charge in [0.25, 0.3) is 5.91 Å². The Hall–Kier alpha value is -2.09. The number of carbonyl (C=O) groups is 3. The first-order valence-corrected chi connectivity index (χ1v) is 11.0. The summed E-state index contributed by atoms with van der Waals surface area (Å²) in [7, 11) is 0. The molecule has 0 spiro atoms. The summed E-state index contributed by atoms with van der Waals surface area (Å²) in [6, 6.07) is 4.87. The third kappa shape index (κ3) is 6.45. The predicted octanol–water partition coefficient (Wildman–Crippen LogP) is 3.18. The van der Waals surface area contributed by atoms with E-state index in [0.29, 0.717) is 25.3 Å². The molecular weight excluding hydrogens is 452 g/mol. The van der Waals surface area contributed by atoms with Crippen LogP contribution in [0.3, 0.4) is 0 Å². The Kier molecular flexibility index (Phi) is 8.29. The first-order valence-electron chi connectivity index (χ1n) is 10.2. The number of benzene rings is 1. The average Bonchev–Trinajstić information content (AvgIpc) is 2.67. The molecule has 7 nitrogen and oxygen atoms in total. The summed E-state index contributed by atoms with van der Waals surface area (Å²) in [5.74, 6) is -0.652. The number of amides is 2. The van der Waals surface area contributed by atoms with E-state index in [-0.39, 0.29) is 36.4 Å². The van der Waals surface area contributed by atoms with Crippen molar-refractivity contribution in [2.45, 2.75) is 65.0 Å². The van der Waals surface area contributed by atoms with E-state index in [9.17, 15) is 14.4 Å². The van der Waals surface area contributed by atoms with Crippen molar-refractivity contribution in [2.75, 3.05) is 19.7 Å². The van der Waals surface area contributed by atoms with Gasteiger partial charge in [-0.05, 0) is 52.4 Å². The SMILES string of the molecule is CCC(C)OC(=O)CC1C(=O)NCCN1C(=O)COc1ccc(C(C)(C)C)cc1Br. The second-order valence-corrected chi connectivity index (χ2v) is 9.35.